The van der Waals surface area contributed by atoms with Crippen LogP contribution in [0.1, 0.15) is 70.0 Å². The number of fused-ring (bicyclic) bond motifs is 14. The third-order valence-corrected chi connectivity index (χ3v) is 11.0. The Hall–Kier alpha value is -5.20. The average Bonchev–Trinajstić information content (AvgIpc) is 3.47. The minimum Gasteiger partial charge on any atom is -0.507 e. The van der Waals surface area contributed by atoms with Gasteiger partial charge in [-0.25, -0.2) is 0 Å². The maximum atomic E-state index is 14.4. The van der Waals surface area contributed by atoms with Crippen LogP contribution in [0, 0.1) is 30.6 Å². The number of aliphatic hydroxyl groups is 2. The van der Waals surface area contributed by atoms with Crippen molar-refractivity contribution < 1.29 is 73.2 Å². The first kappa shape index (κ1) is 47.5. The molecule has 0 radical (unpaired) electrons. The Labute approximate surface area is 349 Å². The molecule has 1 amide bonds. The van der Waals surface area contributed by atoms with E-state index in [0.717, 1.165) is 6.21 Å². The normalized spacial score (nSPS) is 29.8. The van der Waals surface area contributed by atoms with Crippen molar-refractivity contribution in [2.45, 2.75) is 85.6 Å². The molecule has 17 nitrogen and oxygen atoms in total. The van der Waals surface area contributed by atoms with E-state index >= 15 is 0 Å². The number of nitrogens with zero attached hydrogens (tertiary/aromatic N) is 1. The second kappa shape index (κ2) is 20.4. The quantitative estimate of drug-likeness (QED) is 0.0472. The van der Waals surface area contributed by atoms with Gasteiger partial charge in [-0.15, -0.1) is 0 Å². The molecule has 0 aromatic heterocycles. The largest absolute Gasteiger partial charge is 0.507 e. The van der Waals surface area contributed by atoms with Crippen molar-refractivity contribution in [3.63, 3.8) is 0 Å². The molecule has 2 aromatic carbocycles. The summed E-state index contributed by atoms with van der Waals surface area (Å²) in [5, 5.41) is 63.9. The smallest absolute Gasteiger partial charge is 0.312 e. The van der Waals surface area contributed by atoms with E-state index in [2.05, 4.69) is 10.5 Å². The molecule has 9 atom stereocenters. The highest BCUT2D eigenvalue weighted by Crippen LogP contribution is 2.55. The third-order valence-electron chi connectivity index (χ3n) is 11.0. The van der Waals surface area contributed by atoms with Crippen molar-refractivity contribution in [3.8, 4) is 23.0 Å². The molecule has 6 N–H and O–H groups in total. The lowest BCUT2D eigenvalue weighted by Crippen LogP contribution is -2.46. The molecule has 3 heterocycles. The van der Waals surface area contributed by atoms with Gasteiger partial charge in [0.05, 0.1) is 72.8 Å². The first-order valence-corrected chi connectivity index (χ1v) is 19.6. The van der Waals surface area contributed by atoms with Gasteiger partial charge < -0.3 is 64.1 Å². The zero-order chi connectivity index (χ0) is 44.6. The van der Waals surface area contributed by atoms with Crippen molar-refractivity contribution in [1.29, 1.82) is 0 Å². The molecule has 0 spiro atoms. The van der Waals surface area contributed by atoms with Gasteiger partial charge in [0.25, 0.3) is 11.7 Å². The minimum absolute atomic E-state index is 0.0155. The number of allylic oxidation sites excluding steroid dienone is 2. The number of carbonyl (C=O) groups excluding carboxylic acids is 3. The lowest BCUT2D eigenvalue weighted by atomic mass is 9.78. The monoisotopic (exact) mass is 842 g/mol. The SMILES string of the molecule is COCCOCCO/N=C/c1c2c(O)c3c(O)c(C)c4c(c3c1O)C(=O)[C@@](C)(O/C=C/[C@H](OC)[C@@H](C)[C@@H](OC(C)=O)[C@H](C)[C@H](O)[C@H](C)[C@@H](O)[C@H](C)/C=C/C=C(/C)C(=O)N2)O4. The summed E-state index contributed by atoms with van der Waals surface area (Å²) < 4.78 is 33.8. The van der Waals surface area contributed by atoms with E-state index in [1.807, 2.05) is 0 Å². The van der Waals surface area contributed by atoms with Gasteiger partial charge in [0, 0.05) is 68.3 Å². The van der Waals surface area contributed by atoms with Crippen LogP contribution in [-0.4, -0.2) is 120 Å². The standard InChI is InChI=1S/C43H58N2O15/c1-21-12-11-13-22(2)42(53)45-33-28(20-44-58-19-18-56-17-16-54-9)37(50)30-31(38(33)51)36(49)26(6)40-32(30)41(52)43(8,60-40)57-15-14-29(55-10)23(3)39(59-27(7)46)25(5)35(48)24(4)34(21)47/h11-15,20-21,23-25,29,34-35,39,47-51H,16-19H2,1-10H3,(H,45,53)/b12-11+,15-14+,22-13-,44-20+/t21-,23-,24-,25-,29+,34+,35-,39-,43+/m1/s1. The predicted octanol–water partition coefficient (Wildman–Crippen LogP) is 4.77. The molecule has 0 fully saturated rings. The highest BCUT2D eigenvalue weighted by molar-refractivity contribution is 6.23. The molecule has 5 rings (SSSR count). The van der Waals surface area contributed by atoms with Crippen LogP contribution in [0.2, 0.25) is 0 Å². The number of carbonyl (C=O) groups is 3. The lowest BCUT2D eigenvalue weighted by molar-refractivity contribution is -0.160. The Morgan fingerprint density at radius 3 is 2.25 bits per heavy atom. The van der Waals surface area contributed by atoms with E-state index in [4.69, 9.17) is 33.3 Å². The van der Waals surface area contributed by atoms with Gasteiger partial charge in [0.1, 0.15) is 30.0 Å². The fourth-order valence-electron chi connectivity index (χ4n) is 7.36. The van der Waals surface area contributed by atoms with E-state index in [0.29, 0.717) is 13.2 Å². The highest BCUT2D eigenvalue weighted by Gasteiger charge is 2.50. The second-order valence-electron chi connectivity index (χ2n) is 15.3. The molecule has 17 heteroatoms. The van der Waals surface area contributed by atoms with Crippen molar-refractivity contribution >= 4 is 40.3 Å². The second-order valence-corrected chi connectivity index (χ2v) is 15.3. The molecule has 0 saturated heterocycles. The summed E-state index contributed by atoms with van der Waals surface area (Å²) in [5.41, 5.74) is -0.739. The predicted molar refractivity (Wildman–Crippen MR) is 220 cm³/mol. The number of ketones is 1. The van der Waals surface area contributed by atoms with Crippen molar-refractivity contribution in [2.75, 3.05) is 46.0 Å². The van der Waals surface area contributed by atoms with E-state index in [1.165, 1.54) is 60.3 Å². The molecular formula is C43H58N2O15. The molecule has 3 aliphatic rings. The van der Waals surface area contributed by atoms with Gasteiger partial charge in [0.15, 0.2) is 5.75 Å². The summed E-state index contributed by atoms with van der Waals surface area (Å²) in [7, 11) is 2.95. The number of methoxy groups -OCH3 is 2. The fourth-order valence-corrected chi connectivity index (χ4v) is 7.36. The van der Waals surface area contributed by atoms with Gasteiger partial charge in [0.2, 0.25) is 0 Å². The number of Topliss-reactive ketones (excluding diaryl/α,β-unsaturated/α-hetero) is 1. The molecule has 0 unspecified atom stereocenters. The van der Waals surface area contributed by atoms with Crippen molar-refractivity contribution in [1.82, 2.24) is 0 Å². The number of phenols is 3. The fraction of sp³-hybridized carbons (Fsp3) is 0.535. The summed E-state index contributed by atoms with van der Waals surface area (Å²) in [6, 6.07) is 0. The number of anilines is 1. The summed E-state index contributed by atoms with van der Waals surface area (Å²) in [6.45, 7) is 13.2. The summed E-state index contributed by atoms with van der Waals surface area (Å²) in [6.07, 6.45) is 4.38. The number of amides is 1. The van der Waals surface area contributed by atoms with Gasteiger partial charge in [-0.05, 0) is 19.9 Å². The topological polar surface area (TPSA) is 241 Å². The van der Waals surface area contributed by atoms with Crippen LogP contribution in [0.15, 0.2) is 41.3 Å². The molecule has 2 aromatic rings. The van der Waals surface area contributed by atoms with Crippen molar-refractivity contribution in [3.05, 3.63) is 52.8 Å². The number of aromatic hydroxyl groups is 3. The van der Waals surface area contributed by atoms with Gasteiger partial charge in [-0.1, -0.05) is 51.1 Å². The third kappa shape index (κ3) is 10.0. The van der Waals surface area contributed by atoms with E-state index < -0.39 is 88.8 Å². The number of benzene rings is 2. The summed E-state index contributed by atoms with van der Waals surface area (Å²) >= 11 is 0. The van der Waals surface area contributed by atoms with Crippen LogP contribution < -0.4 is 10.1 Å². The van der Waals surface area contributed by atoms with Crippen LogP contribution in [0.25, 0.3) is 10.8 Å². The summed E-state index contributed by atoms with van der Waals surface area (Å²) in [4.78, 5) is 45.7. The first-order valence-electron chi connectivity index (χ1n) is 19.6. The Morgan fingerprint density at radius 2 is 1.60 bits per heavy atom. The summed E-state index contributed by atoms with van der Waals surface area (Å²) in [5.74, 6) is -8.83. The van der Waals surface area contributed by atoms with E-state index in [9.17, 15) is 39.9 Å². The number of phenolic OH excluding ortho intramolecular Hbond substituents is 3. The Bertz CT molecular complexity index is 2030. The molecule has 0 saturated carbocycles. The molecule has 3 aliphatic heterocycles. The van der Waals surface area contributed by atoms with E-state index in [-0.39, 0.29) is 57.7 Å². The van der Waals surface area contributed by atoms with Crippen LogP contribution in [0.4, 0.5) is 5.69 Å². The average molecular weight is 843 g/mol. The molecule has 330 valence electrons. The van der Waals surface area contributed by atoms with Gasteiger partial charge in [-0.3, -0.25) is 14.4 Å². The van der Waals surface area contributed by atoms with Gasteiger partial charge >= 0.3 is 11.8 Å². The van der Waals surface area contributed by atoms with E-state index in [1.54, 1.807) is 39.8 Å². The van der Waals surface area contributed by atoms with Gasteiger partial charge in [-0.2, -0.15) is 0 Å². The zero-order valence-corrected chi connectivity index (χ0v) is 35.7. The lowest BCUT2D eigenvalue weighted by Gasteiger charge is -2.38. The Balaban J connectivity index is 1.92. The van der Waals surface area contributed by atoms with Crippen LogP contribution >= 0.6 is 0 Å². The number of hydrogen-bond acceptors (Lipinski definition) is 16. The molecule has 0 aliphatic carbocycles. The number of ether oxygens (including phenoxy) is 6. The maximum Gasteiger partial charge on any atom is 0.312 e. The molecule has 60 heavy (non-hydrogen) atoms. The number of rotatable bonds is 10. The zero-order valence-electron chi connectivity index (χ0n) is 35.7. The van der Waals surface area contributed by atoms with Crippen LogP contribution in [0.5, 0.6) is 23.0 Å². The van der Waals surface area contributed by atoms with Crippen LogP contribution in [-0.2, 0) is 38.1 Å². The minimum atomic E-state index is -2.08. The number of oxime groups is 1. The van der Waals surface area contributed by atoms with Crippen LogP contribution in [0.3, 0.4) is 0 Å². The Morgan fingerprint density at radius 1 is 0.917 bits per heavy atom. The molecular weight excluding hydrogens is 784 g/mol. The maximum absolute atomic E-state index is 14.4. The highest BCUT2D eigenvalue weighted by atomic mass is 16.7. The first-order chi connectivity index (χ1) is 28.3. The Kier molecular flexibility index (Phi) is 16.1. The number of nitrogens with one attached hydrogen (secondary N) is 1. The number of esters is 1. The number of aliphatic hydroxyl groups excluding tert-OH is 2. The molecule has 5 bridgehead atoms. The number of hydrogen-bond donors (Lipinski definition) is 6. The van der Waals surface area contributed by atoms with Crippen molar-refractivity contribution in [2.24, 2.45) is 28.8 Å².